The van der Waals surface area contributed by atoms with Crippen molar-refractivity contribution in [2.45, 2.75) is 32.7 Å². The van der Waals surface area contributed by atoms with E-state index in [1.165, 1.54) is 17.9 Å². The summed E-state index contributed by atoms with van der Waals surface area (Å²) in [5.41, 5.74) is 5.79. The largest absolute Gasteiger partial charge is 0.490 e. The predicted octanol–water partition coefficient (Wildman–Crippen LogP) is 6.31. The Kier molecular flexibility index (Phi) is 11.8. The fraction of sp³-hybridized carbons (Fsp3) is 0.229. The second kappa shape index (κ2) is 16.2. The maximum Gasteiger partial charge on any atom is 0.337 e. The lowest BCUT2D eigenvalue weighted by Crippen LogP contribution is -2.45. The van der Waals surface area contributed by atoms with Crippen LogP contribution in [0, 0.1) is 3.57 Å². The number of aliphatic hydroxyl groups excluding tert-OH is 1. The van der Waals surface area contributed by atoms with Crippen molar-refractivity contribution < 1.29 is 33.6 Å². The number of ether oxygens (including phenoxy) is 4. The number of carbonyl (C=O) groups is 2. The number of fused-ring (bicyclic) bond motifs is 1. The van der Waals surface area contributed by atoms with Gasteiger partial charge in [0.25, 0.3) is 0 Å². The molecule has 4 aromatic carbocycles. The molecule has 0 saturated carbocycles. The number of hydrazone groups is 1. The van der Waals surface area contributed by atoms with Gasteiger partial charge in [-0.05, 0) is 110 Å². The predicted molar refractivity (Wildman–Crippen MR) is 194 cm³/mol. The van der Waals surface area contributed by atoms with Crippen LogP contribution in [0.3, 0.4) is 0 Å². The summed E-state index contributed by atoms with van der Waals surface area (Å²) in [6.07, 6.45) is 0.452. The molecule has 0 radical (unpaired) electrons. The zero-order valence-electron chi connectivity index (χ0n) is 26.4. The quantitative estimate of drug-likeness (QED) is 0.0405. The van der Waals surface area contributed by atoms with Crippen molar-refractivity contribution in [1.82, 2.24) is 16.1 Å². The average Bonchev–Trinajstić information content (AvgIpc) is 3.06. The molecule has 1 heterocycles. The lowest BCUT2D eigenvalue weighted by molar-refractivity contribution is -0.136. The van der Waals surface area contributed by atoms with Crippen LogP contribution in [0.15, 0.2) is 93.6 Å². The molecule has 0 saturated heterocycles. The maximum atomic E-state index is 12.5. The minimum atomic E-state index is -1.14. The Morgan fingerprint density at radius 2 is 1.85 bits per heavy atom. The van der Waals surface area contributed by atoms with Crippen LogP contribution in [0.4, 0.5) is 4.79 Å². The van der Waals surface area contributed by atoms with Crippen molar-refractivity contribution in [2.75, 3.05) is 20.3 Å². The van der Waals surface area contributed by atoms with E-state index < -0.39 is 24.3 Å². The summed E-state index contributed by atoms with van der Waals surface area (Å²) >= 11 is 5.83. The number of halogens is 2. The van der Waals surface area contributed by atoms with E-state index in [-0.39, 0.29) is 12.2 Å². The Balaban J connectivity index is 1.18. The molecule has 48 heavy (non-hydrogen) atoms. The van der Waals surface area contributed by atoms with Crippen LogP contribution in [0.25, 0.3) is 10.8 Å². The highest BCUT2D eigenvalue weighted by Gasteiger charge is 2.32. The maximum absolute atomic E-state index is 12.5. The van der Waals surface area contributed by atoms with Gasteiger partial charge < -0.3 is 34.7 Å². The third-order valence-electron chi connectivity index (χ3n) is 7.33. The first-order valence-electron chi connectivity index (χ1n) is 15.0. The van der Waals surface area contributed by atoms with Gasteiger partial charge in [-0.2, -0.15) is 5.10 Å². The Morgan fingerprint density at radius 1 is 1.06 bits per heavy atom. The number of allylic oxidation sites excluding steroid dienone is 1. The van der Waals surface area contributed by atoms with Crippen molar-refractivity contribution in [3.05, 3.63) is 109 Å². The molecule has 2 atom stereocenters. The second-order valence-corrected chi connectivity index (χ2v) is 12.7. The van der Waals surface area contributed by atoms with Crippen molar-refractivity contribution in [2.24, 2.45) is 5.10 Å². The van der Waals surface area contributed by atoms with E-state index in [2.05, 4.69) is 90.0 Å². The van der Waals surface area contributed by atoms with Crippen LogP contribution < -0.4 is 30.3 Å². The molecule has 250 valence electrons. The second-order valence-electron chi connectivity index (χ2n) is 10.7. The van der Waals surface area contributed by atoms with Crippen LogP contribution in [0.5, 0.6) is 17.2 Å². The summed E-state index contributed by atoms with van der Waals surface area (Å²) in [6.45, 7) is 4.07. The van der Waals surface area contributed by atoms with Crippen molar-refractivity contribution in [3.8, 4) is 17.2 Å². The highest BCUT2D eigenvalue weighted by Crippen LogP contribution is 2.35. The first-order valence-corrected chi connectivity index (χ1v) is 16.9. The smallest absolute Gasteiger partial charge is 0.337 e. The summed E-state index contributed by atoms with van der Waals surface area (Å²) in [7, 11) is 1.28. The number of methoxy groups -OCH3 is 1. The van der Waals surface area contributed by atoms with Crippen LogP contribution in [-0.4, -0.2) is 49.9 Å². The summed E-state index contributed by atoms with van der Waals surface area (Å²) in [6, 6.07) is 22.1. The SMILES string of the molecule is CCOc1cc([C@H]2NC(=O)NC(C)=C2C(=O)OC)ccc1OC[C@H](O)N/N=C\c1cc(Br)c(OCc2ccc3ccccc3c2)c(I)c1. The van der Waals surface area contributed by atoms with Crippen molar-refractivity contribution >= 4 is 67.5 Å². The molecule has 5 rings (SSSR count). The van der Waals surface area contributed by atoms with E-state index in [1.54, 1.807) is 31.3 Å². The Hall–Kier alpha value is -4.34. The number of hydrogen-bond donors (Lipinski definition) is 4. The lowest BCUT2D eigenvalue weighted by atomic mass is 9.95. The van der Waals surface area contributed by atoms with Gasteiger partial charge in [0.15, 0.2) is 17.7 Å². The van der Waals surface area contributed by atoms with Crippen LogP contribution in [0.1, 0.15) is 36.6 Å². The first kappa shape index (κ1) is 35.0. The van der Waals surface area contributed by atoms with E-state index in [0.29, 0.717) is 36.0 Å². The van der Waals surface area contributed by atoms with Gasteiger partial charge in [0.05, 0.1) is 39.6 Å². The highest BCUT2D eigenvalue weighted by molar-refractivity contribution is 14.1. The molecule has 4 N–H and O–H groups in total. The monoisotopic (exact) mass is 828 g/mol. The standard InChI is InChI=1S/C35H34BrIN4O7/c1-4-46-29-16-25(32-31(34(43)45-3)20(2)39-35(44)40-32)11-12-28(29)47-19-30(42)41-38-17-22-14-26(36)33(27(37)15-22)48-18-21-9-10-23-7-5-6-8-24(23)13-21/h5-17,30,32,41-42H,4,18-19H2,1-3H3,(H2,39,40,44)/b38-17-/t30-,32+/m0/s1. The molecule has 11 nitrogen and oxygen atoms in total. The number of hydrogen-bond acceptors (Lipinski definition) is 9. The molecule has 0 bridgehead atoms. The fourth-order valence-electron chi connectivity index (χ4n) is 5.10. The Labute approximate surface area is 299 Å². The zero-order valence-corrected chi connectivity index (χ0v) is 30.1. The number of benzene rings is 4. The van der Waals surface area contributed by atoms with Crippen LogP contribution in [0.2, 0.25) is 0 Å². The topological polar surface area (TPSA) is 140 Å². The minimum Gasteiger partial charge on any atom is -0.490 e. The summed E-state index contributed by atoms with van der Waals surface area (Å²) < 4.78 is 24.4. The number of nitrogens with one attached hydrogen (secondary N) is 3. The third kappa shape index (κ3) is 8.57. The van der Waals surface area contributed by atoms with Gasteiger partial charge >= 0.3 is 12.0 Å². The first-order chi connectivity index (χ1) is 23.2. The molecule has 1 aliphatic rings. The van der Waals surface area contributed by atoms with Crippen LogP contribution >= 0.6 is 38.5 Å². The fourth-order valence-corrected chi connectivity index (χ4v) is 6.86. The van der Waals surface area contributed by atoms with Crippen molar-refractivity contribution in [1.29, 1.82) is 0 Å². The van der Waals surface area contributed by atoms with Gasteiger partial charge in [0.1, 0.15) is 19.0 Å². The summed E-state index contributed by atoms with van der Waals surface area (Å²) in [5, 5.41) is 22.4. The summed E-state index contributed by atoms with van der Waals surface area (Å²) in [5.74, 6) is 0.904. The number of carbonyl (C=O) groups excluding carboxylic acids is 2. The molecule has 0 spiro atoms. The number of aliphatic hydroxyl groups is 1. The van der Waals surface area contributed by atoms with E-state index in [0.717, 1.165) is 24.9 Å². The van der Waals surface area contributed by atoms with Crippen LogP contribution in [-0.2, 0) is 16.1 Å². The molecule has 0 unspecified atom stereocenters. The number of urea groups is 1. The zero-order chi connectivity index (χ0) is 34.2. The van der Waals surface area contributed by atoms with Gasteiger partial charge in [-0.25, -0.2) is 9.59 Å². The molecule has 2 amide bonds. The molecular weight excluding hydrogens is 795 g/mol. The average molecular weight is 829 g/mol. The summed E-state index contributed by atoms with van der Waals surface area (Å²) in [4.78, 5) is 24.7. The molecule has 1 aliphatic heterocycles. The Bertz CT molecular complexity index is 1860. The van der Waals surface area contributed by atoms with Gasteiger partial charge in [0.2, 0.25) is 0 Å². The minimum absolute atomic E-state index is 0.143. The van der Waals surface area contributed by atoms with Gasteiger partial charge in [-0.1, -0.05) is 42.5 Å². The van der Waals surface area contributed by atoms with Gasteiger partial charge in [0, 0.05) is 5.70 Å². The number of esters is 1. The van der Waals surface area contributed by atoms with Crippen molar-refractivity contribution in [3.63, 3.8) is 0 Å². The lowest BCUT2D eigenvalue weighted by Gasteiger charge is -2.28. The number of amides is 2. The van der Waals surface area contributed by atoms with Gasteiger partial charge in [-0.15, -0.1) is 0 Å². The van der Waals surface area contributed by atoms with E-state index in [4.69, 9.17) is 18.9 Å². The molecule has 0 aliphatic carbocycles. The Morgan fingerprint density at radius 3 is 2.60 bits per heavy atom. The van der Waals surface area contributed by atoms with Gasteiger partial charge in [-0.3, -0.25) is 5.43 Å². The number of rotatable bonds is 13. The molecule has 0 fully saturated rings. The third-order valence-corrected chi connectivity index (χ3v) is 8.72. The van der Waals surface area contributed by atoms with E-state index in [1.807, 2.05) is 31.2 Å². The molecule has 13 heteroatoms. The normalized spacial score (nSPS) is 15.1. The van der Waals surface area contributed by atoms with E-state index in [9.17, 15) is 14.7 Å². The molecular formula is C35H34BrIN4O7. The molecule has 0 aromatic heterocycles. The number of nitrogens with zero attached hydrogens (tertiary/aromatic N) is 1. The highest BCUT2D eigenvalue weighted by atomic mass is 127. The molecule has 4 aromatic rings. The van der Waals surface area contributed by atoms with E-state index >= 15 is 0 Å².